The van der Waals surface area contributed by atoms with Gasteiger partial charge in [-0.2, -0.15) is 0 Å². The number of allylic oxidation sites excluding steroid dienone is 5. The van der Waals surface area contributed by atoms with Gasteiger partial charge in [0.25, 0.3) is 0 Å². The van der Waals surface area contributed by atoms with Crippen LogP contribution in [-0.4, -0.2) is 13.6 Å². The molecule has 0 aliphatic heterocycles. The van der Waals surface area contributed by atoms with Gasteiger partial charge in [-0.05, 0) is 12.5 Å². The van der Waals surface area contributed by atoms with E-state index in [-0.39, 0.29) is 5.78 Å². The van der Waals surface area contributed by atoms with E-state index in [1.165, 1.54) is 0 Å². The van der Waals surface area contributed by atoms with Gasteiger partial charge in [0.2, 0.25) is 0 Å². The number of rotatable bonds is 4. The van der Waals surface area contributed by atoms with Crippen molar-refractivity contribution >= 4 is 13.6 Å². The van der Waals surface area contributed by atoms with Gasteiger partial charge in [-0.25, -0.2) is 0 Å². The SMILES string of the molecule is B/C(C=C)=C/C=C(/C)C(=O)CC. The Morgan fingerprint density at radius 3 is 2.50 bits per heavy atom. The highest BCUT2D eigenvalue weighted by Crippen LogP contribution is 2.00. The van der Waals surface area contributed by atoms with Crippen molar-refractivity contribution in [3.63, 3.8) is 0 Å². The number of carbonyl (C=O) groups is 1. The van der Waals surface area contributed by atoms with Crippen molar-refractivity contribution in [3.05, 3.63) is 35.9 Å². The van der Waals surface area contributed by atoms with Crippen LogP contribution in [-0.2, 0) is 4.79 Å². The first-order valence-electron chi connectivity index (χ1n) is 4.12. The van der Waals surface area contributed by atoms with Gasteiger partial charge < -0.3 is 0 Å². The van der Waals surface area contributed by atoms with Gasteiger partial charge in [0.15, 0.2) is 5.78 Å². The molecular formula is C10H15BO. The Kier molecular flexibility index (Phi) is 5.10. The third kappa shape index (κ3) is 3.96. The highest BCUT2D eigenvalue weighted by atomic mass is 16.1. The molecular weight excluding hydrogens is 147 g/mol. The number of carbonyl (C=O) groups excluding carboxylic acids is 1. The van der Waals surface area contributed by atoms with Crippen LogP contribution in [0.15, 0.2) is 35.9 Å². The van der Waals surface area contributed by atoms with Gasteiger partial charge in [-0.15, -0.1) is 0 Å². The van der Waals surface area contributed by atoms with Crippen LogP contribution < -0.4 is 0 Å². The third-order valence-corrected chi connectivity index (χ3v) is 1.68. The summed E-state index contributed by atoms with van der Waals surface area (Å²) in [5.41, 5.74) is 1.87. The minimum atomic E-state index is 0.197. The summed E-state index contributed by atoms with van der Waals surface area (Å²) >= 11 is 0. The molecule has 0 N–H and O–H groups in total. The summed E-state index contributed by atoms with van der Waals surface area (Å²) in [6.45, 7) is 7.32. The fraction of sp³-hybridized carbons (Fsp3) is 0.300. The van der Waals surface area contributed by atoms with Crippen molar-refractivity contribution in [2.24, 2.45) is 0 Å². The topological polar surface area (TPSA) is 17.1 Å². The molecule has 0 aliphatic carbocycles. The van der Waals surface area contributed by atoms with Crippen molar-refractivity contribution in [1.82, 2.24) is 0 Å². The lowest BCUT2D eigenvalue weighted by molar-refractivity contribution is -0.115. The second-order valence-corrected chi connectivity index (χ2v) is 2.74. The summed E-state index contributed by atoms with van der Waals surface area (Å²) < 4.78 is 0. The largest absolute Gasteiger partial charge is 0.295 e. The lowest BCUT2D eigenvalue weighted by Gasteiger charge is -1.94. The standard InChI is InChI=1S/C10H15BO/c1-4-9(11)7-6-8(3)10(12)5-2/h4,6-7H,1,5,11H2,2-3H3/b8-6-,9-7+. The lowest BCUT2D eigenvalue weighted by atomic mass is 9.95. The van der Waals surface area contributed by atoms with Gasteiger partial charge in [0.05, 0.1) is 0 Å². The normalized spacial score (nSPS) is 12.8. The molecule has 0 unspecified atom stereocenters. The predicted molar refractivity (Wildman–Crippen MR) is 55.9 cm³/mol. The van der Waals surface area contributed by atoms with E-state index in [1.807, 2.05) is 33.8 Å². The smallest absolute Gasteiger partial charge is 0.158 e. The summed E-state index contributed by atoms with van der Waals surface area (Å²) in [5.74, 6) is 0.197. The molecule has 0 aromatic heterocycles. The van der Waals surface area contributed by atoms with Gasteiger partial charge in [0.1, 0.15) is 7.85 Å². The Bertz CT molecular complexity index is 236. The molecule has 0 radical (unpaired) electrons. The van der Waals surface area contributed by atoms with E-state index in [9.17, 15) is 4.79 Å². The second-order valence-electron chi connectivity index (χ2n) is 2.74. The van der Waals surface area contributed by atoms with E-state index in [0.29, 0.717) is 6.42 Å². The van der Waals surface area contributed by atoms with Crippen LogP contribution in [0.1, 0.15) is 20.3 Å². The van der Waals surface area contributed by atoms with E-state index in [1.54, 1.807) is 6.08 Å². The number of hydrogen-bond donors (Lipinski definition) is 0. The fourth-order valence-corrected chi connectivity index (χ4v) is 0.696. The molecule has 0 aliphatic rings. The molecule has 0 atom stereocenters. The summed E-state index contributed by atoms with van der Waals surface area (Å²) in [5, 5.41) is 0. The monoisotopic (exact) mass is 162 g/mol. The minimum absolute atomic E-state index is 0.197. The summed E-state index contributed by atoms with van der Waals surface area (Å²) in [4.78, 5) is 11.1. The summed E-state index contributed by atoms with van der Waals surface area (Å²) in [6, 6.07) is 0. The van der Waals surface area contributed by atoms with Crippen LogP contribution >= 0.6 is 0 Å². The second kappa shape index (κ2) is 5.59. The molecule has 0 spiro atoms. The molecule has 0 amide bonds. The summed E-state index contributed by atoms with van der Waals surface area (Å²) in [7, 11) is 1.95. The van der Waals surface area contributed by atoms with E-state index in [0.717, 1.165) is 11.0 Å². The van der Waals surface area contributed by atoms with E-state index in [2.05, 4.69) is 6.58 Å². The quantitative estimate of drug-likeness (QED) is 0.348. The number of hydrogen-bond acceptors (Lipinski definition) is 1. The van der Waals surface area contributed by atoms with Crippen molar-refractivity contribution in [3.8, 4) is 0 Å². The highest BCUT2D eigenvalue weighted by Gasteiger charge is 1.97. The Morgan fingerprint density at radius 1 is 1.50 bits per heavy atom. The van der Waals surface area contributed by atoms with Crippen molar-refractivity contribution in [2.75, 3.05) is 0 Å². The third-order valence-electron chi connectivity index (χ3n) is 1.68. The maximum absolute atomic E-state index is 11.1. The van der Waals surface area contributed by atoms with Gasteiger partial charge >= 0.3 is 0 Å². The molecule has 0 aromatic rings. The number of Topliss-reactive ketones (excluding diaryl/α,β-unsaturated/α-hetero) is 1. The molecule has 0 saturated heterocycles. The Morgan fingerprint density at radius 2 is 2.08 bits per heavy atom. The maximum Gasteiger partial charge on any atom is 0.158 e. The molecule has 0 rings (SSSR count). The molecule has 0 fully saturated rings. The predicted octanol–water partition coefficient (Wildman–Crippen LogP) is 1.61. The maximum atomic E-state index is 11.1. The van der Waals surface area contributed by atoms with E-state index >= 15 is 0 Å². The Labute approximate surface area is 75.3 Å². The Hall–Kier alpha value is -1.05. The first kappa shape index (κ1) is 11.0. The highest BCUT2D eigenvalue weighted by molar-refractivity contribution is 6.23. The van der Waals surface area contributed by atoms with Crippen LogP contribution in [0.2, 0.25) is 0 Å². The molecule has 0 aromatic carbocycles. The van der Waals surface area contributed by atoms with Crippen LogP contribution in [0.3, 0.4) is 0 Å². The average molecular weight is 162 g/mol. The van der Waals surface area contributed by atoms with Crippen LogP contribution in [0, 0.1) is 0 Å². The zero-order valence-corrected chi connectivity index (χ0v) is 8.05. The molecule has 64 valence electrons. The minimum Gasteiger partial charge on any atom is -0.295 e. The molecule has 0 heterocycles. The first-order valence-corrected chi connectivity index (χ1v) is 4.12. The van der Waals surface area contributed by atoms with Crippen molar-refractivity contribution in [1.29, 1.82) is 0 Å². The zero-order valence-electron chi connectivity index (χ0n) is 8.05. The Balaban J connectivity index is 4.37. The molecule has 12 heavy (non-hydrogen) atoms. The average Bonchev–Trinajstić information content (AvgIpc) is 2.11. The fourth-order valence-electron chi connectivity index (χ4n) is 0.696. The van der Waals surface area contributed by atoms with Gasteiger partial charge in [-0.1, -0.05) is 37.2 Å². The lowest BCUT2D eigenvalue weighted by Crippen LogP contribution is -1.95. The van der Waals surface area contributed by atoms with Crippen LogP contribution in [0.4, 0.5) is 0 Å². The van der Waals surface area contributed by atoms with E-state index < -0.39 is 0 Å². The molecule has 2 heteroatoms. The molecule has 1 nitrogen and oxygen atoms in total. The van der Waals surface area contributed by atoms with Crippen LogP contribution in [0.25, 0.3) is 0 Å². The first-order chi connectivity index (χ1) is 5.61. The van der Waals surface area contributed by atoms with Crippen molar-refractivity contribution in [2.45, 2.75) is 20.3 Å². The molecule has 0 saturated carbocycles. The van der Waals surface area contributed by atoms with Crippen molar-refractivity contribution < 1.29 is 4.79 Å². The molecule has 0 bridgehead atoms. The zero-order chi connectivity index (χ0) is 9.56. The van der Waals surface area contributed by atoms with Crippen LogP contribution in [0.5, 0.6) is 0 Å². The van der Waals surface area contributed by atoms with Gasteiger partial charge in [-0.3, -0.25) is 4.79 Å². The number of ketones is 1. The van der Waals surface area contributed by atoms with Gasteiger partial charge in [0, 0.05) is 6.42 Å². The van der Waals surface area contributed by atoms with E-state index in [4.69, 9.17) is 0 Å². The summed E-state index contributed by atoms with van der Waals surface area (Å²) in [6.07, 6.45) is 6.07.